The van der Waals surface area contributed by atoms with Gasteiger partial charge in [0.25, 0.3) is 0 Å². The van der Waals surface area contributed by atoms with Gasteiger partial charge in [0.15, 0.2) is 0 Å². The van der Waals surface area contributed by atoms with Crippen LogP contribution < -0.4 is 0 Å². The van der Waals surface area contributed by atoms with Gasteiger partial charge in [-0.1, -0.05) is 12.7 Å². The Hall–Kier alpha value is -1.31. The Morgan fingerprint density at radius 3 is 2.36 bits per heavy atom. The van der Waals surface area contributed by atoms with Gasteiger partial charge in [-0.05, 0) is 49.8 Å². The molecule has 1 aliphatic rings. The molecule has 0 aromatic heterocycles. The Kier molecular flexibility index (Phi) is 3.28. The van der Waals surface area contributed by atoms with Crippen molar-refractivity contribution >= 4 is 5.97 Å². The van der Waals surface area contributed by atoms with E-state index in [2.05, 4.69) is 6.58 Å². The van der Waals surface area contributed by atoms with E-state index in [9.17, 15) is 4.79 Å². The lowest BCUT2D eigenvalue weighted by molar-refractivity contribution is -0.132. The molecule has 2 nitrogen and oxygen atoms in total. The van der Waals surface area contributed by atoms with E-state index in [-0.39, 0.29) is 0 Å². The summed E-state index contributed by atoms with van der Waals surface area (Å²) in [5, 5.41) is 8.93. The fourth-order valence-corrected chi connectivity index (χ4v) is 1.39. The molecule has 1 N–H and O–H groups in total. The highest BCUT2D eigenvalue weighted by Gasteiger charge is 2.25. The molecule has 0 atom stereocenters. The lowest BCUT2D eigenvalue weighted by Crippen LogP contribution is -2.02. The zero-order valence-corrected chi connectivity index (χ0v) is 8.71. The second kappa shape index (κ2) is 4.27. The molecular formula is C12H16O2. The van der Waals surface area contributed by atoms with Crippen LogP contribution in [0, 0.1) is 5.92 Å². The van der Waals surface area contributed by atoms with Gasteiger partial charge < -0.3 is 5.11 Å². The van der Waals surface area contributed by atoms with Gasteiger partial charge in [0.1, 0.15) is 0 Å². The first kappa shape index (κ1) is 10.8. The number of carboxylic acids is 1. The number of allylic oxidation sites excluding steroid dienone is 3. The molecule has 1 fully saturated rings. The number of carbonyl (C=O) groups is 1. The molecule has 1 saturated carbocycles. The highest BCUT2D eigenvalue weighted by Crippen LogP contribution is 2.37. The van der Waals surface area contributed by atoms with Crippen molar-refractivity contribution < 1.29 is 9.90 Å². The van der Waals surface area contributed by atoms with Crippen LogP contribution in [0.1, 0.15) is 26.7 Å². The molecule has 0 bridgehead atoms. The SMILES string of the molecule is C=C(C)/C(=C\C(=C/C)C1CC1)C(=O)O. The van der Waals surface area contributed by atoms with Crippen molar-refractivity contribution in [3.05, 3.63) is 35.5 Å². The molecule has 76 valence electrons. The molecular weight excluding hydrogens is 176 g/mol. The van der Waals surface area contributed by atoms with Crippen LogP contribution in [0.25, 0.3) is 0 Å². The predicted octanol–water partition coefficient (Wildman–Crippen LogP) is 2.93. The Morgan fingerprint density at radius 1 is 1.50 bits per heavy atom. The summed E-state index contributed by atoms with van der Waals surface area (Å²) in [6, 6.07) is 0. The summed E-state index contributed by atoms with van der Waals surface area (Å²) < 4.78 is 0. The van der Waals surface area contributed by atoms with Crippen molar-refractivity contribution in [2.45, 2.75) is 26.7 Å². The third kappa shape index (κ3) is 2.59. The van der Waals surface area contributed by atoms with Gasteiger partial charge in [-0.3, -0.25) is 0 Å². The first-order valence-electron chi connectivity index (χ1n) is 4.83. The number of hydrogen-bond acceptors (Lipinski definition) is 1. The molecule has 2 heteroatoms. The molecule has 0 spiro atoms. The Balaban J connectivity index is 2.90. The van der Waals surface area contributed by atoms with E-state index in [1.165, 1.54) is 12.8 Å². The van der Waals surface area contributed by atoms with E-state index < -0.39 is 5.97 Å². The maximum absolute atomic E-state index is 10.9. The highest BCUT2D eigenvalue weighted by atomic mass is 16.4. The van der Waals surface area contributed by atoms with Crippen LogP contribution in [-0.4, -0.2) is 11.1 Å². The Labute approximate surface area is 84.6 Å². The van der Waals surface area contributed by atoms with Crippen molar-refractivity contribution in [2.75, 3.05) is 0 Å². The van der Waals surface area contributed by atoms with Gasteiger partial charge in [-0.2, -0.15) is 0 Å². The maximum Gasteiger partial charge on any atom is 0.335 e. The molecule has 1 rings (SSSR count). The summed E-state index contributed by atoms with van der Waals surface area (Å²) in [4.78, 5) is 10.9. The molecule has 0 saturated heterocycles. The van der Waals surface area contributed by atoms with Crippen LogP contribution in [0.15, 0.2) is 35.5 Å². The summed E-state index contributed by atoms with van der Waals surface area (Å²) in [6.45, 7) is 7.34. The van der Waals surface area contributed by atoms with Gasteiger partial charge in [0, 0.05) is 0 Å². The predicted molar refractivity (Wildman–Crippen MR) is 57.0 cm³/mol. The third-order valence-corrected chi connectivity index (χ3v) is 2.38. The number of aliphatic carboxylic acids is 1. The second-order valence-electron chi connectivity index (χ2n) is 3.71. The quantitative estimate of drug-likeness (QED) is 0.549. The fourth-order valence-electron chi connectivity index (χ4n) is 1.39. The van der Waals surface area contributed by atoms with E-state index >= 15 is 0 Å². The summed E-state index contributed by atoms with van der Waals surface area (Å²) >= 11 is 0. The van der Waals surface area contributed by atoms with E-state index in [0.29, 0.717) is 17.1 Å². The number of carboxylic acid groups (broad SMARTS) is 1. The first-order chi connectivity index (χ1) is 6.56. The van der Waals surface area contributed by atoms with Gasteiger partial charge in [-0.25, -0.2) is 4.79 Å². The maximum atomic E-state index is 10.9. The molecule has 0 unspecified atom stereocenters. The van der Waals surface area contributed by atoms with Gasteiger partial charge in [-0.15, -0.1) is 0 Å². The van der Waals surface area contributed by atoms with E-state index in [4.69, 9.17) is 5.11 Å². The van der Waals surface area contributed by atoms with Crippen LogP contribution in [0.3, 0.4) is 0 Å². The lowest BCUT2D eigenvalue weighted by atomic mass is 10.0. The lowest BCUT2D eigenvalue weighted by Gasteiger charge is -2.03. The molecule has 0 radical (unpaired) electrons. The third-order valence-electron chi connectivity index (χ3n) is 2.38. The summed E-state index contributed by atoms with van der Waals surface area (Å²) in [6.07, 6.45) is 6.10. The van der Waals surface area contributed by atoms with Crippen molar-refractivity contribution in [1.29, 1.82) is 0 Å². The molecule has 0 heterocycles. The van der Waals surface area contributed by atoms with Gasteiger partial charge >= 0.3 is 5.97 Å². The standard InChI is InChI=1S/C12H16O2/c1-4-9(10-5-6-10)7-11(8(2)3)12(13)14/h4,7,10H,2,5-6H2,1,3H3,(H,13,14)/b9-4+,11-7+. The molecule has 0 aromatic rings. The topological polar surface area (TPSA) is 37.3 Å². The highest BCUT2D eigenvalue weighted by molar-refractivity contribution is 5.92. The van der Waals surface area contributed by atoms with Gasteiger partial charge in [0.05, 0.1) is 5.57 Å². The van der Waals surface area contributed by atoms with Crippen LogP contribution in [0.4, 0.5) is 0 Å². The number of rotatable bonds is 4. The summed E-state index contributed by atoms with van der Waals surface area (Å²) in [5.74, 6) is -0.314. The summed E-state index contributed by atoms with van der Waals surface area (Å²) in [7, 11) is 0. The van der Waals surface area contributed by atoms with Crippen molar-refractivity contribution in [2.24, 2.45) is 5.92 Å². The number of hydrogen-bond donors (Lipinski definition) is 1. The Bertz CT molecular complexity index is 301. The molecule has 14 heavy (non-hydrogen) atoms. The molecule has 0 amide bonds. The minimum atomic E-state index is -0.891. The van der Waals surface area contributed by atoms with E-state index in [0.717, 1.165) is 5.57 Å². The van der Waals surface area contributed by atoms with Crippen LogP contribution in [0.2, 0.25) is 0 Å². The minimum Gasteiger partial charge on any atom is -0.478 e. The zero-order chi connectivity index (χ0) is 10.7. The van der Waals surface area contributed by atoms with Gasteiger partial charge in [0.2, 0.25) is 0 Å². The normalized spacial score (nSPS) is 18.1. The Morgan fingerprint density at radius 2 is 2.07 bits per heavy atom. The average molecular weight is 192 g/mol. The van der Waals surface area contributed by atoms with Crippen molar-refractivity contribution in [3.63, 3.8) is 0 Å². The van der Waals surface area contributed by atoms with Crippen LogP contribution >= 0.6 is 0 Å². The van der Waals surface area contributed by atoms with E-state index in [1.54, 1.807) is 13.0 Å². The monoisotopic (exact) mass is 192 g/mol. The fraction of sp³-hybridized carbons (Fsp3) is 0.417. The van der Waals surface area contributed by atoms with Crippen molar-refractivity contribution in [3.8, 4) is 0 Å². The zero-order valence-electron chi connectivity index (χ0n) is 8.71. The molecule has 0 aliphatic heterocycles. The molecule has 1 aliphatic carbocycles. The second-order valence-corrected chi connectivity index (χ2v) is 3.71. The van der Waals surface area contributed by atoms with Crippen LogP contribution in [-0.2, 0) is 4.79 Å². The minimum absolute atomic E-state index is 0.324. The molecule has 0 aromatic carbocycles. The van der Waals surface area contributed by atoms with E-state index in [1.807, 2.05) is 13.0 Å². The smallest absolute Gasteiger partial charge is 0.335 e. The largest absolute Gasteiger partial charge is 0.478 e. The average Bonchev–Trinajstić information content (AvgIpc) is 2.88. The van der Waals surface area contributed by atoms with Crippen LogP contribution in [0.5, 0.6) is 0 Å². The summed E-state index contributed by atoms with van der Waals surface area (Å²) in [5.41, 5.74) is 2.06. The first-order valence-corrected chi connectivity index (χ1v) is 4.83. The van der Waals surface area contributed by atoms with Crippen molar-refractivity contribution in [1.82, 2.24) is 0 Å².